The zero-order chi connectivity index (χ0) is 17.5. The maximum absolute atomic E-state index is 12.2. The summed E-state index contributed by atoms with van der Waals surface area (Å²) in [6, 6.07) is 2.92. The summed E-state index contributed by atoms with van der Waals surface area (Å²) in [7, 11) is -8.58. The summed E-state index contributed by atoms with van der Waals surface area (Å²) in [4.78, 5) is -1.16. The average molecular weight is 366 g/mol. The Morgan fingerprint density at radius 1 is 0.870 bits per heavy atom. The van der Waals surface area contributed by atoms with Crippen LogP contribution >= 0.6 is 0 Å². The van der Waals surface area contributed by atoms with Crippen molar-refractivity contribution >= 4 is 20.2 Å². The molecular weight excluding hydrogens is 344 g/mol. The maximum atomic E-state index is 12.2. The molecule has 0 spiro atoms. The molecule has 0 bridgehead atoms. The normalized spacial score (nSPS) is 12.4. The molecule has 0 atom stereocenters. The van der Waals surface area contributed by atoms with E-state index in [1.807, 2.05) is 13.8 Å². The molecule has 0 unspecified atom stereocenters. The van der Waals surface area contributed by atoms with E-state index in [1.165, 1.54) is 0 Å². The summed E-state index contributed by atoms with van der Waals surface area (Å²) in [5.41, 5.74) is 0. The third kappa shape index (κ3) is 5.76. The molecule has 0 saturated heterocycles. The van der Waals surface area contributed by atoms with Gasteiger partial charge in [-0.25, -0.2) is 0 Å². The molecule has 1 rings (SSSR count). The van der Waals surface area contributed by atoms with Crippen molar-refractivity contribution < 1.29 is 30.3 Å². The van der Waals surface area contributed by atoms with Crippen LogP contribution in [0.4, 0.5) is 0 Å². The van der Waals surface area contributed by atoms with Gasteiger partial charge in [0.25, 0.3) is 20.2 Å². The highest BCUT2D eigenvalue weighted by atomic mass is 32.2. The van der Waals surface area contributed by atoms with Crippen LogP contribution in [0.1, 0.15) is 39.5 Å². The lowest BCUT2D eigenvalue weighted by Crippen LogP contribution is -2.15. The number of hydrogen-bond donors (Lipinski definition) is 1. The van der Waals surface area contributed by atoms with Gasteiger partial charge in [0.05, 0.1) is 13.2 Å². The fourth-order valence-electron chi connectivity index (χ4n) is 1.65. The summed E-state index contributed by atoms with van der Waals surface area (Å²) in [5.74, 6) is -0.379. The van der Waals surface area contributed by atoms with Crippen molar-refractivity contribution in [1.29, 1.82) is 0 Å². The molecule has 7 nitrogen and oxygen atoms in total. The number of phenols is 1. The Labute approximate surface area is 137 Å². The molecule has 132 valence electrons. The lowest BCUT2D eigenvalue weighted by molar-refractivity contribution is 0.302. The summed E-state index contributed by atoms with van der Waals surface area (Å²) in [6.07, 6.45) is 2.48. The van der Waals surface area contributed by atoms with Crippen molar-refractivity contribution in [2.24, 2.45) is 0 Å². The van der Waals surface area contributed by atoms with Gasteiger partial charge < -0.3 is 5.11 Å². The highest BCUT2D eigenvalue weighted by Gasteiger charge is 2.28. The molecule has 0 aliphatic heterocycles. The van der Waals surface area contributed by atoms with Crippen LogP contribution in [-0.4, -0.2) is 35.2 Å². The van der Waals surface area contributed by atoms with E-state index in [-0.39, 0.29) is 19.0 Å². The highest BCUT2D eigenvalue weighted by Crippen LogP contribution is 2.28. The van der Waals surface area contributed by atoms with E-state index in [0.29, 0.717) is 12.8 Å². The van der Waals surface area contributed by atoms with Crippen molar-refractivity contribution in [3.63, 3.8) is 0 Å². The Morgan fingerprint density at radius 3 is 1.83 bits per heavy atom. The van der Waals surface area contributed by atoms with E-state index in [9.17, 15) is 21.9 Å². The van der Waals surface area contributed by atoms with Crippen molar-refractivity contribution in [2.75, 3.05) is 13.2 Å². The van der Waals surface area contributed by atoms with Crippen LogP contribution in [-0.2, 0) is 28.6 Å². The second kappa shape index (κ2) is 8.62. The van der Waals surface area contributed by atoms with Crippen LogP contribution in [0.15, 0.2) is 28.0 Å². The molecule has 0 saturated carbocycles. The lowest BCUT2D eigenvalue weighted by atomic mass is 10.3. The van der Waals surface area contributed by atoms with E-state index < -0.39 is 30.0 Å². The van der Waals surface area contributed by atoms with E-state index in [0.717, 1.165) is 31.0 Å². The third-order valence-corrected chi connectivity index (χ3v) is 5.79. The summed E-state index contributed by atoms with van der Waals surface area (Å²) >= 11 is 0. The minimum Gasteiger partial charge on any atom is -0.508 e. The van der Waals surface area contributed by atoms with Gasteiger partial charge in [-0.15, -0.1) is 0 Å². The molecule has 23 heavy (non-hydrogen) atoms. The first-order valence-electron chi connectivity index (χ1n) is 7.36. The fraction of sp³-hybridized carbons (Fsp3) is 0.571. The van der Waals surface area contributed by atoms with Crippen LogP contribution in [0.3, 0.4) is 0 Å². The second-order valence-electron chi connectivity index (χ2n) is 4.89. The fourth-order valence-corrected chi connectivity index (χ4v) is 4.31. The molecular formula is C14H22O7S2. The van der Waals surface area contributed by atoms with Gasteiger partial charge in [0, 0.05) is 6.07 Å². The molecule has 0 radical (unpaired) electrons. The molecule has 1 aromatic rings. The van der Waals surface area contributed by atoms with Gasteiger partial charge in [-0.2, -0.15) is 16.8 Å². The maximum Gasteiger partial charge on any atom is 0.298 e. The van der Waals surface area contributed by atoms with E-state index in [2.05, 4.69) is 0 Å². The Morgan fingerprint density at radius 2 is 1.35 bits per heavy atom. The highest BCUT2D eigenvalue weighted by molar-refractivity contribution is 7.90. The Balaban J connectivity index is 3.20. The van der Waals surface area contributed by atoms with Crippen molar-refractivity contribution in [1.82, 2.24) is 0 Å². The largest absolute Gasteiger partial charge is 0.508 e. The SMILES string of the molecule is CCCCOS(=O)(=O)c1ccc(O)cc1S(=O)(=O)OCCCC. The molecule has 0 heterocycles. The first-order valence-corrected chi connectivity index (χ1v) is 10.2. The predicted octanol–water partition coefficient (Wildman–Crippen LogP) is 2.40. The minimum atomic E-state index is -4.32. The summed E-state index contributed by atoms with van der Waals surface area (Å²) in [5, 5.41) is 9.50. The molecule has 0 aliphatic carbocycles. The summed E-state index contributed by atoms with van der Waals surface area (Å²) in [6.45, 7) is 3.62. The van der Waals surface area contributed by atoms with E-state index >= 15 is 0 Å². The van der Waals surface area contributed by atoms with Gasteiger partial charge in [-0.05, 0) is 25.0 Å². The molecule has 1 N–H and O–H groups in total. The molecule has 0 aromatic heterocycles. The van der Waals surface area contributed by atoms with Crippen LogP contribution in [0, 0.1) is 0 Å². The van der Waals surface area contributed by atoms with Crippen LogP contribution in [0.2, 0.25) is 0 Å². The van der Waals surface area contributed by atoms with Crippen molar-refractivity contribution in [2.45, 2.75) is 49.3 Å². The first kappa shape index (κ1) is 19.9. The Kier molecular flexibility index (Phi) is 7.46. The number of unbranched alkanes of at least 4 members (excludes halogenated alkanes) is 2. The van der Waals surface area contributed by atoms with Crippen LogP contribution < -0.4 is 0 Å². The van der Waals surface area contributed by atoms with Crippen LogP contribution in [0.25, 0.3) is 0 Å². The molecule has 1 aromatic carbocycles. The van der Waals surface area contributed by atoms with Gasteiger partial charge in [-0.1, -0.05) is 26.7 Å². The average Bonchev–Trinajstić information content (AvgIpc) is 2.47. The standard InChI is InChI=1S/C14H22O7S2/c1-3-5-9-20-22(16,17)13-8-7-12(15)11-14(13)23(18,19)21-10-6-4-2/h7-8,11,15H,3-6,9-10H2,1-2H3. The van der Waals surface area contributed by atoms with Crippen LogP contribution in [0.5, 0.6) is 5.75 Å². The van der Waals surface area contributed by atoms with Gasteiger partial charge in [0.15, 0.2) is 0 Å². The lowest BCUT2D eigenvalue weighted by Gasteiger charge is -2.11. The topological polar surface area (TPSA) is 107 Å². The number of phenolic OH excluding ortho intramolecular Hbond substituents is 1. The van der Waals surface area contributed by atoms with Gasteiger partial charge >= 0.3 is 0 Å². The quantitative estimate of drug-likeness (QED) is 0.500. The predicted molar refractivity (Wildman–Crippen MR) is 84.2 cm³/mol. The zero-order valence-electron chi connectivity index (χ0n) is 13.2. The minimum absolute atomic E-state index is 0.0457. The van der Waals surface area contributed by atoms with Crippen molar-refractivity contribution in [3.05, 3.63) is 18.2 Å². The van der Waals surface area contributed by atoms with Crippen molar-refractivity contribution in [3.8, 4) is 5.75 Å². The Bertz CT molecular complexity index is 709. The second-order valence-corrected chi connectivity index (χ2v) is 8.06. The molecule has 0 fully saturated rings. The zero-order valence-corrected chi connectivity index (χ0v) is 14.8. The van der Waals surface area contributed by atoms with Gasteiger partial charge in [0.2, 0.25) is 0 Å². The number of aromatic hydroxyl groups is 1. The number of benzene rings is 1. The molecule has 0 amide bonds. The summed E-state index contributed by atoms with van der Waals surface area (Å²) < 4.78 is 58.4. The number of hydrogen-bond acceptors (Lipinski definition) is 7. The Hall–Kier alpha value is -1.16. The number of rotatable bonds is 10. The van der Waals surface area contributed by atoms with Gasteiger partial charge in [-0.3, -0.25) is 8.37 Å². The molecule has 9 heteroatoms. The monoisotopic (exact) mass is 366 g/mol. The third-order valence-electron chi connectivity index (χ3n) is 2.94. The first-order chi connectivity index (χ1) is 10.7. The van der Waals surface area contributed by atoms with E-state index in [1.54, 1.807) is 0 Å². The molecule has 0 aliphatic rings. The van der Waals surface area contributed by atoms with Gasteiger partial charge in [0.1, 0.15) is 15.5 Å². The van der Waals surface area contributed by atoms with E-state index in [4.69, 9.17) is 8.37 Å². The smallest absolute Gasteiger partial charge is 0.298 e.